The van der Waals surface area contributed by atoms with Crippen LogP contribution in [0.1, 0.15) is 44.1 Å². The van der Waals surface area contributed by atoms with E-state index in [0.29, 0.717) is 24.3 Å². The van der Waals surface area contributed by atoms with Gasteiger partial charge in [-0.1, -0.05) is 6.07 Å². The molecule has 0 spiro atoms. The number of hydrogen-bond donors (Lipinski definition) is 0. The molecule has 1 fully saturated rings. The summed E-state index contributed by atoms with van der Waals surface area (Å²) in [5.41, 5.74) is 4.78. The number of hydrogen-bond acceptors (Lipinski definition) is 5. The lowest BCUT2D eigenvalue weighted by molar-refractivity contribution is 0.0651. The van der Waals surface area contributed by atoms with E-state index in [1.54, 1.807) is 16.2 Å². The van der Waals surface area contributed by atoms with Gasteiger partial charge in [-0.15, -0.1) is 11.3 Å². The maximum atomic E-state index is 13.6. The van der Waals surface area contributed by atoms with Crippen LogP contribution in [-0.2, 0) is 16.4 Å². The van der Waals surface area contributed by atoms with Crippen LogP contribution in [0.25, 0.3) is 11.0 Å². The quantitative estimate of drug-likeness (QED) is 0.607. The first kappa shape index (κ1) is 20.2. The van der Waals surface area contributed by atoms with Crippen molar-refractivity contribution in [3.63, 3.8) is 0 Å². The number of carbonyl (C=O) groups is 1. The first-order chi connectivity index (χ1) is 13.7. The van der Waals surface area contributed by atoms with Crippen molar-refractivity contribution in [3.05, 3.63) is 56.5 Å². The third kappa shape index (κ3) is 3.73. The van der Waals surface area contributed by atoms with Gasteiger partial charge >= 0.3 is 0 Å². The average molecular weight is 432 g/mol. The van der Waals surface area contributed by atoms with Crippen LogP contribution >= 0.6 is 11.3 Å². The second kappa shape index (κ2) is 7.29. The van der Waals surface area contributed by atoms with Crippen LogP contribution in [0.4, 0.5) is 0 Å². The Morgan fingerprint density at radius 1 is 1.21 bits per heavy atom. The summed E-state index contributed by atoms with van der Waals surface area (Å²) in [6.45, 7) is 8.33. The number of carbonyl (C=O) groups excluding carboxylic acids is 1. The molecule has 4 rings (SSSR count). The Bertz CT molecular complexity index is 1200. The fourth-order valence-electron chi connectivity index (χ4n) is 4.23. The summed E-state index contributed by atoms with van der Waals surface area (Å²) >= 11 is 1.59. The summed E-state index contributed by atoms with van der Waals surface area (Å²) < 4.78 is 30.2. The number of benzene rings is 1. The van der Waals surface area contributed by atoms with E-state index in [1.807, 2.05) is 45.2 Å². The topological polar surface area (TPSA) is 67.6 Å². The van der Waals surface area contributed by atoms with Gasteiger partial charge < -0.3 is 9.32 Å². The van der Waals surface area contributed by atoms with E-state index >= 15 is 0 Å². The van der Waals surface area contributed by atoms with Gasteiger partial charge in [0.2, 0.25) is 0 Å². The van der Waals surface area contributed by atoms with Gasteiger partial charge in [-0.05, 0) is 68.3 Å². The molecule has 1 atom stereocenters. The van der Waals surface area contributed by atoms with Crippen molar-refractivity contribution < 1.29 is 17.6 Å². The number of sulfone groups is 1. The zero-order valence-electron chi connectivity index (χ0n) is 17.1. The molecule has 29 heavy (non-hydrogen) atoms. The molecule has 0 bridgehead atoms. The molecule has 3 heterocycles. The number of rotatable bonds is 4. The van der Waals surface area contributed by atoms with Crippen LogP contribution in [0, 0.1) is 27.7 Å². The number of furan rings is 1. The molecule has 0 unspecified atom stereocenters. The van der Waals surface area contributed by atoms with E-state index in [4.69, 9.17) is 4.42 Å². The summed E-state index contributed by atoms with van der Waals surface area (Å²) in [7, 11) is -3.11. The van der Waals surface area contributed by atoms with Crippen molar-refractivity contribution in [2.24, 2.45) is 0 Å². The molecular formula is C22H25NO4S2. The summed E-state index contributed by atoms with van der Waals surface area (Å²) in [4.78, 5) is 16.4. The minimum Gasteiger partial charge on any atom is -0.451 e. The van der Waals surface area contributed by atoms with Crippen LogP contribution in [0.3, 0.4) is 0 Å². The van der Waals surface area contributed by atoms with E-state index < -0.39 is 9.84 Å². The molecule has 154 valence electrons. The molecule has 0 saturated carbocycles. The van der Waals surface area contributed by atoms with E-state index in [2.05, 4.69) is 6.07 Å². The summed E-state index contributed by atoms with van der Waals surface area (Å²) in [6.07, 6.45) is 0.468. The highest BCUT2D eigenvalue weighted by molar-refractivity contribution is 7.91. The Labute approximate surface area is 175 Å². The SMILES string of the molecule is Cc1cc(C)c2c(C)c(C(=O)N(Cc3sccc3C)[C@@H]3CCS(=O)(=O)C3)oc2c1. The van der Waals surface area contributed by atoms with Crippen molar-refractivity contribution in [2.45, 2.75) is 46.7 Å². The minimum absolute atomic E-state index is 0.0145. The monoisotopic (exact) mass is 431 g/mol. The van der Waals surface area contributed by atoms with Crippen LogP contribution in [0.2, 0.25) is 0 Å². The van der Waals surface area contributed by atoms with Crippen molar-refractivity contribution in [2.75, 3.05) is 11.5 Å². The van der Waals surface area contributed by atoms with Crippen molar-refractivity contribution >= 4 is 38.1 Å². The normalized spacial score (nSPS) is 18.4. The molecule has 1 aliphatic rings. The fraction of sp³-hybridized carbons (Fsp3) is 0.409. The summed E-state index contributed by atoms with van der Waals surface area (Å²) in [5.74, 6) is 0.223. The van der Waals surface area contributed by atoms with Gasteiger partial charge in [-0.2, -0.15) is 0 Å². The van der Waals surface area contributed by atoms with Gasteiger partial charge in [0.05, 0.1) is 18.1 Å². The Morgan fingerprint density at radius 3 is 2.59 bits per heavy atom. The second-order valence-corrected chi connectivity index (χ2v) is 11.3. The van der Waals surface area contributed by atoms with E-state index in [1.165, 1.54) is 0 Å². The Morgan fingerprint density at radius 2 is 1.97 bits per heavy atom. The second-order valence-electron chi connectivity index (χ2n) is 8.03. The number of amides is 1. The largest absolute Gasteiger partial charge is 0.451 e. The summed E-state index contributed by atoms with van der Waals surface area (Å²) in [5, 5.41) is 2.96. The Hall–Kier alpha value is -2.12. The molecule has 3 aromatic rings. The molecule has 1 aromatic carbocycles. The highest BCUT2D eigenvalue weighted by Gasteiger charge is 2.37. The summed E-state index contributed by atoms with van der Waals surface area (Å²) in [6, 6.07) is 5.71. The molecule has 0 aliphatic carbocycles. The lowest BCUT2D eigenvalue weighted by Crippen LogP contribution is -2.40. The molecule has 0 radical (unpaired) electrons. The molecule has 2 aromatic heterocycles. The number of nitrogens with zero attached hydrogens (tertiary/aromatic N) is 1. The Kier molecular flexibility index (Phi) is 5.07. The van der Waals surface area contributed by atoms with Gasteiger partial charge in [-0.25, -0.2) is 8.42 Å². The zero-order valence-corrected chi connectivity index (χ0v) is 18.7. The smallest absolute Gasteiger partial charge is 0.290 e. The van der Waals surface area contributed by atoms with Crippen LogP contribution in [-0.4, -0.2) is 36.8 Å². The van der Waals surface area contributed by atoms with E-state index in [-0.39, 0.29) is 23.5 Å². The van der Waals surface area contributed by atoms with Gasteiger partial charge in [0.25, 0.3) is 5.91 Å². The number of fused-ring (bicyclic) bond motifs is 1. The highest BCUT2D eigenvalue weighted by Crippen LogP contribution is 2.32. The maximum Gasteiger partial charge on any atom is 0.290 e. The lowest BCUT2D eigenvalue weighted by atomic mass is 10.0. The van der Waals surface area contributed by atoms with Gasteiger partial charge in [0.15, 0.2) is 15.6 Å². The van der Waals surface area contributed by atoms with Gasteiger partial charge in [-0.3, -0.25) is 4.79 Å². The molecule has 5 nitrogen and oxygen atoms in total. The molecule has 1 saturated heterocycles. The molecule has 0 N–H and O–H groups in total. The third-order valence-electron chi connectivity index (χ3n) is 5.76. The molecule has 1 amide bonds. The first-order valence-corrected chi connectivity index (χ1v) is 12.4. The molecule has 1 aliphatic heterocycles. The minimum atomic E-state index is -3.11. The van der Waals surface area contributed by atoms with E-state index in [0.717, 1.165) is 32.5 Å². The molecular weight excluding hydrogens is 406 g/mol. The van der Waals surface area contributed by atoms with E-state index in [9.17, 15) is 13.2 Å². The number of aryl methyl sites for hydroxylation is 4. The zero-order chi connectivity index (χ0) is 20.9. The van der Waals surface area contributed by atoms with Crippen LogP contribution < -0.4 is 0 Å². The fourth-order valence-corrected chi connectivity index (χ4v) is 6.87. The van der Waals surface area contributed by atoms with Crippen LogP contribution in [0.15, 0.2) is 28.0 Å². The van der Waals surface area contributed by atoms with Crippen molar-refractivity contribution in [1.29, 1.82) is 0 Å². The maximum absolute atomic E-state index is 13.6. The lowest BCUT2D eigenvalue weighted by Gasteiger charge is -2.27. The van der Waals surface area contributed by atoms with Crippen LogP contribution in [0.5, 0.6) is 0 Å². The Balaban J connectivity index is 1.77. The van der Waals surface area contributed by atoms with Gasteiger partial charge in [0.1, 0.15) is 5.58 Å². The third-order valence-corrected chi connectivity index (χ3v) is 8.52. The van der Waals surface area contributed by atoms with Crippen molar-refractivity contribution in [1.82, 2.24) is 4.90 Å². The van der Waals surface area contributed by atoms with Gasteiger partial charge in [0, 0.05) is 21.9 Å². The molecule has 7 heteroatoms. The first-order valence-electron chi connectivity index (χ1n) is 9.71. The number of thiophene rings is 1. The average Bonchev–Trinajstić information content (AvgIpc) is 3.29. The predicted octanol–water partition coefficient (Wildman–Crippen LogP) is 4.56. The predicted molar refractivity (Wildman–Crippen MR) is 116 cm³/mol. The standard InChI is InChI=1S/C22H25NO4S2/c1-13-9-15(3)20-16(4)21(27-18(20)10-13)22(24)23(11-19-14(2)5-7-28-19)17-6-8-29(25,26)12-17/h5,7,9-10,17H,6,8,11-12H2,1-4H3/t17-/m1/s1. The van der Waals surface area contributed by atoms with Crippen molar-refractivity contribution in [3.8, 4) is 0 Å². The highest BCUT2D eigenvalue weighted by atomic mass is 32.2.